The molecule has 0 aliphatic carbocycles. The standard InChI is InChI=1S/C32H35N3O2/c1-2-29(23-11-5-3-6-12-23)33-31(37)21-27-26-15-9-10-16-30(26)34-32(24-13-7-4-8-14-24)28(27)22-35-19-17-25(36)18-20-35/h3-16,25,29,36H,2,17-22H2,1H3,(H,33,37)/t29-/m0/s1. The molecule has 1 atom stereocenters. The van der Waals surface area contributed by atoms with Gasteiger partial charge >= 0.3 is 0 Å². The SMILES string of the molecule is CC[C@H](NC(=O)Cc1c(CN2CCC(O)CC2)c(-c2ccccc2)nc2ccccc12)c1ccccc1. The van der Waals surface area contributed by atoms with E-state index >= 15 is 0 Å². The topological polar surface area (TPSA) is 65.5 Å². The van der Waals surface area contributed by atoms with E-state index < -0.39 is 0 Å². The van der Waals surface area contributed by atoms with E-state index in [1.165, 1.54) is 0 Å². The number of aromatic nitrogens is 1. The highest BCUT2D eigenvalue weighted by Gasteiger charge is 2.24. The van der Waals surface area contributed by atoms with E-state index in [1.54, 1.807) is 0 Å². The first-order valence-electron chi connectivity index (χ1n) is 13.3. The average molecular weight is 494 g/mol. The van der Waals surface area contributed by atoms with Crippen LogP contribution in [0.25, 0.3) is 22.2 Å². The minimum absolute atomic E-state index is 0.0152. The van der Waals surface area contributed by atoms with Gasteiger partial charge in [0.15, 0.2) is 0 Å². The molecule has 2 heterocycles. The van der Waals surface area contributed by atoms with E-state index in [0.717, 1.165) is 71.2 Å². The minimum Gasteiger partial charge on any atom is -0.393 e. The number of rotatable bonds is 8. The van der Waals surface area contributed by atoms with Gasteiger partial charge in [-0.05, 0) is 42.0 Å². The van der Waals surface area contributed by atoms with E-state index in [1.807, 2.05) is 54.6 Å². The maximum atomic E-state index is 13.6. The van der Waals surface area contributed by atoms with Gasteiger partial charge in [0.2, 0.25) is 5.91 Å². The van der Waals surface area contributed by atoms with Gasteiger partial charge in [0.25, 0.3) is 0 Å². The van der Waals surface area contributed by atoms with Crippen LogP contribution in [-0.2, 0) is 17.8 Å². The number of fused-ring (bicyclic) bond motifs is 1. The monoisotopic (exact) mass is 493 g/mol. The Hall–Kier alpha value is -3.54. The third kappa shape index (κ3) is 5.90. The van der Waals surface area contributed by atoms with Crippen molar-refractivity contribution >= 4 is 16.8 Å². The zero-order valence-corrected chi connectivity index (χ0v) is 21.4. The highest BCUT2D eigenvalue weighted by atomic mass is 16.3. The normalized spacial score (nSPS) is 15.5. The lowest BCUT2D eigenvalue weighted by Gasteiger charge is -2.31. The Morgan fingerprint density at radius 1 is 0.946 bits per heavy atom. The molecule has 1 saturated heterocycles. The van der Waals surface area contributed by atoms with Crippen molar-refractivity contribution in [2.45, 2.75) is 51.3 Å². The van der Waals surface area contributed by atoms with Gasteiger partial charge in [-0.15, -0.1) is 0 Å². The Morgan fingerprint density at radius 3 is 2.30 bits per heavy atom. The molecule has 0 bridgehead atoms. The number of hydrogen-bond donors (Lipinski definition) is 2. The summed E-state index contributed by atoms with van der Waals surface area (Å²) < 4.78 is 0. The van der Waals surface area contributed by atoms with E-state index in [-0.39, 0.29) is 24.5 Å². The van der Waals surface area contributed by atoms with Crippen molar-refractivity contribution < 1.29 is 9.90 Å². The number of hydrogen-bond acceptors (Lipinski definition) is 4. The van der Waals surface area contributed by atoms with Crippen LogP contribution in [0.5, 0.6) is 0 Å². The smallest absolute Gasteiger partial charge is 0.224 e. The average Bonchev–Trinajstić information content (AvgIpc) is 2.95. The molecule has 1 aliphatic heterocycles. The number of nitrogens with one attached hydrogen (secondary N) is 1. The molecule has 2 N–H and O–H groups in total. The first kappa shape index (κ1) is 25.1. The van der Waals surface area contributed by atoms with Crippen molar-refractivity contribution in [1.82, 2.24) is 15.2 Å². The van der Waals surface area contributed by atoms with Crippen molar-refractivity contribution in [3.63, 3.8) is 0 Å². The maximum absolute atomic E-state index is 13.6. The van der Waals surface area contributed by atoms with Gasteiger partial charge < -0.3 is 10.4 Å². The van der Waals surface area contributed by atoms with Crippen LogP contribution >= 0.6 is 0 Å². The van der Waals surface area contributed by atoms with Crippen LogP contribution in [0.4, 0.5) is 0 Å². The quantitative estimate of drug-likeness (QED) is 0.332. The van der Waals surface area contributed by atoms with E-state index in [4.69, 9.17) is 4.98 Å². The van der Waals surface area contributed by atoms with Gasteiger partial charge in [-0.1, -0.05) is 85.8 Å². The lowest BCUT2D eigenvalue weighted by atomic mass is 9.93. The number of pyridine rings is 1. The lowest BCUT2D eigenvalue weighted by Crippen LogP contribution is -2.36. The molecule has 1 aliphatic rings. The van der Waals surface area contributed by atoms with Gasteiger partial charge in [-0.3, -0.25) is 9.69 Å². The molecular weight excluding hydrogens is 458 g/mol. The van der Waals surface area contributed by atoms with Gasteiger partial charge in [-0.2, -0.15) is 0 Å². The molecule has 1 aromatic heterocycles. The fourth-order valence-corrected chi connectivity index (χ4v) is 5.34. The molecule has 0 radical (unpaired) electrons. The molecule has 0 spiro atoms. The number of carbonyl (C=O) groups is 1. The van der Waals surface area contributed by atoms with Gasteiger partial charge in [0.1, 0.15) is 0 Å². The summed E-state index contributed by atoms with van der Waals surface area (Å²) in [6, 6.07) is 28.5. The van der Waals surface area contributed by atoms with Crippen LogP contribution < -0.4 is 5.32 Å². The molecule has 5 nitrogen and oxygen atoms in total. The van der Waals surface area contributed by atoms with Crippen molar-refractivity contribution in [3.05, 3.63) is 102 Å². The van der Waals surface area contributed by atoms with Crippen LogP contribution in [0.2, 0.25) is 0 Å². The number of carbonyl (C=O) groups excluding carboxylic acids is 1. The van der Waals surface area contributed by atoms with E-state index in [9.17, 15) is 9.90 Å². The fourth-order valence-electron chi connectivity index (χ4n) is 5.34. The third-order valence-electron chi connectivity index (χ3n) is 7.38. The predicted molar refractivity (Wildman–Crippen MR) is 149 cm³/mol. The van der Waals surface area contributed by atoms with Crippen LogP contribution in [-0.4, -0.2) is 40.1 Å². The number of benzene rings is 3. The van der Waals surface area contributed by atoms with Crippen LogP contribution in [0, 0.1) is 0 Å². The van der Waals surface area contributed by atoms with Crippen LogP contribution in [0.1, 0.15) is 48.9 Å². The molecule has 5 rings (SSSR count). The van der Waals surface area contributed by atoms with Crippen molar-refractivity contribution in [3.8, 4) is 11.3 Å². The molecule has 0 unspecified atom stereocenters. The molecule has 1 amide bonds. The van der Waals surface area contributed by atoms with Crippen molar-refractivity contribution in [2.75, 3.05) is 13.1 Å². The predicted octanol–water partition coefficient (Wildman–Crippen LogP) is 5.67. The second-order valence-electron chi connectivity index (χ2n) is 9.92. The highest BCUT2D eigenvalue weighted by molar-refractivity contribution is 5.92. The summed E-state index contributed by atoms with van der Waals surface area (Å²) in [4.78, 5) is 21.0. The summed E-state index contributed by atoms with van der Waals surface area (Å²) >= 11 is 0. The van der Waals surface area contributed by atoms with Gasteiger partial charge in [0.05, 0.1) is 29.8 Å². The molecule has 0 saturated carbocycles. The Balaban J connectivity index is 1.55. The Kier molecular flexibility index (Phi) is 7.93. The van der Waals surface area contributed by atoms with E-state index in [2.05, 4.69) is 47.5 Å². The largest absolute Gasteiger partial charge is 0.393 e. The molecule has 190 valence electrons. The number of amides is 1. The second kappa shape index (κ2) is 11.7. The maximum Gasteiger partial charge on any atom is 0.224 e. The Labute approximate surface area is 219 Å². The number of piperidine rings is 1. The molecule has 37 heavy (non-hydrogen) atoms. The summed E-state index contributed by atoms with van der Waals surface area (Å²) in [7, 11) is 0. The van der Waals surface area contributed by atoms with Crippen LogP contribution in [0.3, 0.4) is 0 Å². The first-order valence-corrected chi connectivity index (χ1v) is 13.3. The Bertz CT molecular complexity index is 1330. The van der Waals surface area contributed by atoms with Crippen molar-refractivity contribution in [2.24, 2.45) is 0 Å². The Morgan fingerprint density at radius 2 is 1.59 bits per heavy atom. The number of aliphatic hydroxyl groups excluding tert-OH is 1. The highest BCUT2D eigenvalue weighted by Crippen LogP contribution is 2.32. The molecular formula is C32H35N3O2. The number of aliphatic hydroxyl groups is 1. The van der Waals surface area contributed by atoms with Gasteiger partial charge in [0, 0.05) is 30.6 Å². The zero-order chi connectivity index (χ0) is 25.6. The fraction of sp³-hybridized carbons (Fsp3) is 0.312. The molecule has 5 heteroatoms. The molecule has 4 aromatic rings. The summed E-state index contributed by atoms with van der Waals surface area (Å²) in [5.41, 5.74) is 6.15. The number of nitrogens with zero attached hydrogens (tertiary/aromatic N) is 2. The van der Waals surface area contributed by atoms with Gasteiger partial charge in [-0.25, -0.2) is 4.98 Å². The van der Waals surface area contributed by atoms with Crippen LogP contribution in [0.15, 0.2) is 84.9 Å². The molecule has 1 fully saturated rings. The second-order valence-corrected chi connectivity index (χ2v) is 9.92. The molecule has 3 aromatic carbocycles. The summed E-state index contributed by atoms with van der Waals surface area (Å²) in [6.07, 6.45) is 2.43. The summed E-state index contributed by atoms with van der Waals surface area (Å²) in [5.74, 6) is 0.0152. The minimum atomic E-state index is -0.228. The summed E-state index contributed by atoms with van der Waals surface area (Å²) in [5, 5.41) is 14.4. The first-order chi connectivity index (χ1) is 18.1. The number of likely N-dealkylation sites (tertiary alicyclic amines) is 1. The summed E-state index contributed by atoms with van der Waals surface area (Å²) in [6.45, 7) is 4.47. The van der Waals surface area contributed by atoms with Crippen molar-refractivity contribution in [1.29, 1.82) is 0 Å². The third-order valence-corrected chi connectivity index (χ3v) is 7.38. The van der Waals surface area contributed by atoms with E-state index in [0.29, 0.717) is 6.54 Å². The lowest BCUT2D eigenvalue weighted by molar-refractivity contribution is -0.121. The zero-order valence-electron chi connectivity index (χ0n) is 21.4. The number of para-hydroxylation sites is 1.